The lowest BCUT2D eigenvalue weighted by Gasteiger charge is -2.25. The molecule has 2 fully saturated rings. The molecule has 3 atom stereocenters. The van der Waals surface area contributed by atoms with E-state index in [0.717, 1.165) is 17.3 Å². The molecule has 2 saturated heterocycles. The second-order valence-electron chi connectivity index (χ2n) is 4.65. The van der Waals surface area contributed by atoms with Gasteiger partial charge in [-0.25, -0.2) is 9.59 Å². The van der Waals surface area contributed by atoms with E-state index in [0.29, 0.717) is 11.8 Å². The third kappa shape index (κ3) is 3.93. The van der Waals surface area contributed by atoms with Crippen LogP contribution in [0.2, 0.25) is 0 Å². The number of thioether (sulfide) groups is 2. The first-order chi connectivity index (χ1) is 9.08. The van der Waals surface area contributed by atoms with Gasteiger partial charge in [0.2, 0.25) is 0 Å². The zero-order valence-electron chi connectivity index (χ0n) is 10.4. The van der Waals surface area contributed by atoms with E-state index in [1.807, 2.05) is 23.5 Å². The summed E-state index contributed by atoms with van der Waals surface area (Å²) in [5.74, 6) is 2.19. The van der Waals surface area contributed by atoms with Crippen LogP contribution in [0.1, 0.15) is 6.42 Å². The molecule has 2 rings (SSSR count). The number of carbonyl (C=O) groups excluding carboxylic acids is 1. The van der Waals surface area contributed by atoms with Crippen LogP contribution in [0.15, 0.2) is 0 Å². The number of hydrogen-bond acceptors (Lipinski definition) is 5. The summed E-state index contributed by atoms with van der Waals surface area (Å²) in [5, 5.41) is 21.7. The third-order valence-corrected chi connectivity index (χ3v) is 6.04. The minimum Gasteiger partial charge on any atom is -0.480 e. The summed E-state index contributed by atoms with van der Waals surface area (Å²) in [6.07, 6.45) is -0.636. The Bertz CT molecular complexity index is 350. The molecule has 2 aliphatic rings. The Morgan fingerprint density at radius 1 is 1.37 bits per heavy atom. The van der Waals surface area contributed by atoms with E-state index in [4.69, 9.17) is 5.11 Å². The van der Waals surface area contributed by atoms with E-state index in [-0.39, 0.29) is 19.0 Å². The first-order valence-electron chi connectivity index (χ1n) is 6.22. The molecule has 108 valence electrons. The minimum absolute atomic E-state index is 0.0926. The van der Waals surface area contributed by atoms with E-state index >= 15 is 0 Å². The van der Waals surface area contributed by atoms with Gasteiger partial charge in [-0.3, -0.25) is 0 Å². The molecular weight excluding hydrogens is 288 g/mol. The van der Waals surface area contributed by atoms with Gasteiger partial charge in [0.05, 0.1) is 6.10 Å². The van der Waals surface area contributed by atoms with Crippen molar-refractivity contribution in [3.05, 3.63) is 0 Å². The monoisotopic (exact) mass is 306 g/mol. The highest BCUT2D eigenvalue weighted by molar-refractivity contribution is 8.06. The molecule has 2 aliphatic heterocycles. The molecule has 2 heterocycles. The molecule has 0 radical (unpaired) electrons. The smallest absolute Gasteiger partial charge is 0.326 e. The molecule has 3 N–H and O–H groups in total. The van der Waals surface area contributed by atoms with Gasteiger partial charge in [0, 0.05) is 42.0 Å². The predicted octanol–water partition coefficient (Wildman–Crippen LogP) is 0.0644. The van der Waals surface area contributed by atoms with Crippen LogP contribution in [-0.4, -0.2) is 74.9 Å². The van der Waals surface area contributed by atoms with Crippen molar-refractivity contribution in [3.63, 3.8) is 0 Å². The molecule has 0 aliphatic carbocycles. The van der Waals surface area contributed by atoms with Crippen LogP contribution in [0.3, 0.4) is 0 Å². The summed E-state index contributed by atoms with van der Waals surface area (Å²) in [4.78, 5) is 24.2. The molecule has 0 bridgehead atoms. The highest BCUT2D eigenvalue weighted by atomic mass is 32.2. The van der Waals surface area contributed by atoms with Gasteiger partial charge >= 0.3 is 12.0 Å². The summed E-state index contributed by atoms with van der Waals surface area (Å²) in [7, 11) is 0. The number of amides is 2. The Morgan fingerprint density at radius 3 is 2.79 bits per heavy atom. The van der Waals surface area contributed by atoms with Crippen molar-refractivity contribution in [2.75, 3.05) is 30.3 Å². The van der Waals surface area contributed by atoms with E-state index in [1.54, 1.807) is 0 Å². The molecule has 19 heavy (non-hydrogen) atoms. The average Bonchev–Trinajstić information content (AvgIpc) is 2.79. The largest absolute Gasteiger partial charge is 0.480 e. The zero-order chi connectivity index (χ0) is 13.8. The highest BCUT2D eigenvalue weighted by Crippen LogP contribution is 2.23. The number of carboxylic acid groups (broad SMARTS) is 1. The van der Waals surface area contributed by atoms with Crippen LogP contribution in [0.5, 0.6) is 0 Å². The third-order valence-electron chi connectivity index (χ3n) is 3.19. The molecule has 0 spiro atoms. The van der Waals surface area contributed by atoms with Gasteiger partial charge in [0.1, 0.15) is 6.04 Å². The molecule has 0 aromatic carbocycles. The van der Waals surface area contributed by atoms with Crippen LogP contribution in [0.25, 0.3) is 0 Å². The number of hydrogen-bond donors (Lipinski definition) is 3. The van der Waals surface area contributed by atoms with Crippen molar-refractivity contribution in [1.82, 2.24) is 10.2 Å². The SMILES string of the molecule is O=C(O)C1CC(O)CN1C(=O)NCC1CSCCS1. The fraction of sp³-hybridized carbons (Fsp3) is 0.818. The Morgan fingerprint density at radius 2 is 2.16 bits per heavy atom. The lowest BCUT2D eigenvalue weighted by Crippen LogP contribution is -2.48. The van der Waals surface area contributed by atoms with Gasteiger partial charge < -0.3 is 20.4 Å². The van der Waals surface area contributed by atoms with E-state index in [1.165, 1.54) is 4.90 Å². The number of aliphatic hydroxyl groups excluding tert-OH is 1. The number of nitrogens with one attached hydrogen (secondary N) is 1. The normalized spacial score (nSPS) is 31.2. The second kappa shape index (κ2) is 6.71. The quantitative estimate of drug-likeness (QED) is 0.683. The number of rotatable bonds is 3. The van der Waals surface area contributed by atoms with Crippen LogP contribution < -0.4 is 5.32 Å². The number of aliphatic hydroxyl groups is 1. The average molecular weight is 306 g/mol. The molecule has 0 aromatic rings. The lowest BCUT2D eigenvalue weighted by atomic mass is 10.2. The molecule has 0 saturated carbocycles. The number of β-amino-alcohol motifs (C(OH)–C–C–N with tert-alkyl or cyclic N) is 1. The summed E-state index contributed by atoms with van der Waals surface area (Å²) >= 11 is 3.71. The summed E-state index contributed by atoms with van der Waals surface area (Å²) in [5.41, 5.74) is 0. The Hall–Kier alpha value is -0.600. The van der Waals surface area contributed by atoms with Crippen molar-refractivity contribution in [1.29, 1.82) is 0 Å². The van der Waals surface area contributed by atoms with E-state index in [2.05, 4.69) is 5.32 Å². The van der Waals surface area contributed by atoms with Crippen molar-refractivity contribution >= 4 is 35.5 Å². The van der Waals surface area contributed by atoms with Crippen molar-refractivity contribution in [2.24, 2.45) is 0 Å². The fourth-order valence-electron chi connectivity index (χ4n) is 2.23. The zero-order valence-corrected chi connectivity index (χ0v) is 12.1. The van der Waals surface area contributed by atoms with Crippen LogP contribution in [0.4, 0.5) is 4.79 Å². The van der Waals surface area contributed by atoms with Gasteiger partial charge in [0.25, 0.3) is 0 Å². The van der Waals surface area contributed by atoms with E-state index < -0.39 is 18.1 Å². The van der Waals surface area contributed by atoms with Gasteiger partial charge in [-0.15, -0.1) is 0 Å². The first-order valence-corrected chi connectivity index (χ1v) is 8.43. The number of nitrogens with zero attached hydrogens (tertiary/aromatic N) is 1. The maximum absolute atomic E-state index is 12.0. The maximum atomic E-state index is 12.0. The predicted molar refractivity (Wildman–Crippen MR) is 75.7 cm³/mol. The molecule has 0 aromatic heterocycles. The number of aliphatic carboxylic acids is 1. The number of likely N-dealkylation sites (tertiary alicyclic amines) is 1. The van der Waals surface area contributed by atoms with Crippen molar-refractivity contribution in [2.45, 2.75) is 23.8 Å². The Labute approximate surface area is 120 Å². The number of urea groups is 1. The van der Waals surface area contributed by atoms with E-state index in [9.17, 15) is 14.7 Å². The summed E-state index contributed by atoms with van der Waals surface area (Å²) in [6.45, 7) is 0.644. The second-order valence-corrected chi connectivity index (χ2v) is 7.21. The molecular formula is C11H18N2O4S2. The number of carboxylic acids is 1. The Kier molecular flexibility index (Phi) is 5.23. The topological polar surface area (TPSA) is 89.9 Å². The fourth-order valence-corrected chi connectivity index (χ4v) is 4.84. The highest BCUT2D eigenvalue weighted by Gasteiger charge is 2.39. The van der Waals surface area contributed by atoms with Gasteiger partial charge in [-0.05, 0) is 0 Å². The maximum Gasteiger partial charge on any atom is 0.326 e. The van der Waals surface area contributed by atoms with Crippen molar-refractivity contribution < 1.29 is 19.8 Å². The standard InChI is InChI=1S/C11H18N2O4S2/c14-7-3-9(10(15)16)13(5-7)11(17)12-4-8-6-18-1-2-19-8/h7-9,14H,1-6H2,(H,12,17)(H,15,16). The van der Waals surface area contributed by atoms with Gasteiger partial charge in [-0.2, -0.15) is 23.5 Å². The molecule has 8 heteroatoms. The lowest BCUT2D eigenvalue weighted by molar-refractivity contribution is -0.141. The Balaban J connectivity index is 1.82. The molecule has 6 nitrogen and oxygen atoms in total. The molecule has 2 amide bonds. The molecule has 3 unspecified atom stereocenters. The summed E-state index contributed by atoms with van der Waals surface area (Å²) in [6, 6.07) is -1.30. The van der Waals surface area contributed by atoms with Gasteiger partial charge in [0.15, 0.2) is 0 Å². The first kappa shape index (κ1) is 14.8. The van der Waals surface area contributed by atoms with Crippen LogP contribution in [-0.2, 0) is 4.79 Å². The van der Waals surface area contributed by atoms with Crippen LogP contribution in [0, 0.1) is 0 Å². The van der Waals surface area contributed by atoms with Crippen LogP contribution >= 0.6 is 23.5 Å². The summed E-state index contributed by atoms with van der Waals surface area (Å²) < 4.78 is 0. The number of carbonyl (C=O) groups is 2. The van der Waals surface area contributed by atoms with Gasteiger partial charge in [-0.1, -0.05) is 0 Å². The minimum atomic E-state index is -1.06. The van der Waals surface area contributed by atoms with Crippen molar-refractivity contribution in [3.8, 4) is 0 Å².